The molecule has 22 heteroatoms. The van der Waals surface area contributed by atoms with Gasteiger partial charge in [-0.15, -0.1) is 23.5 Å². The molecule has 0 radical (unpaired) electrons. The first-order valence-electron chi connectivity index (χ1n) is 12.5. The first-order chi connectivity index (χ1) is 19.8. The Morgan fingerprint density at radius 1 is 0.750 bits per heavy atom. The zero-order valence-corrected chi connectivity index (χ0v) is 24.3. The van der Waals surface area contributed by atoms with Gasteiger partial charge in [0, 0.05) is 11.5 Å². The number of thioether (sulfide) groups is 2. The van der Waals surface area contributed by atoms with Crippen LogP contribution in [0, 0.1) is 23.2 Å². The van der Waals surface area contributed by atoms with Gasteiger partial charge in [0.05, 0.1) is 9.49 Å². The minimum absolute atomic E-state index is 0.0404. The molecule has 0 aromatic carbocycles. The van der Waals surface area contributed by atoms with Gasteiger partial charge in [0.25, 0.3) is 0 Å². The predicted molar refractivity (Wildman–Crippen MR) is 128 cm³/mol. The highest BCUT2D eigenvalue weighted by Gasteiger charge is 2.75. The minimum atomic E-state index is -6.67. The number of alkyl halides is 10. The van der Waals surface area contributed by atoms with E-state index in [1.165, 1.54) is 0 Å². The lowest BCUT2D eigenvalue weighted by atomic mass is 9.53. The molecule has 252 valence electrons. The summed E-state index contributed by atoms with van der Waals surface area (Å²) in [6, 6.07) is 0. The molecule has 5 atom stereocenters. The van der Waals surface area contributed by atoms with Crippen LogP contribution >= 0.6 is 23.5 Å². The van der Waals surface area contributed by atoms with E-state index in [-0.39, 0.29) is 36.7 Å². The van der Waals surface area contributed by atoms with Crippen LogP contribution in [0.25, 0.3) is 0 Å². The molecule has 0 aromatic rings. The number of rotatable bonds is 7. The smallest absolute Gasteiger partial charge is 0.458 e. The van der Waals surface area contributed by atoms with Crippen molar-refractivity contribution in [3.8, 4) is 0 Å². The van der Waals surface area contributed by atoms with E-state index in [1.807, 2.05) is 0 Å². The van der Waals surface area contributed by atoms with Crippen LogP contribution < -0.4 is 0 Å². The molecule has 4 saturated carbocycles. The van der Waals surface area contributed by atoms with Gasteiger partial charge in [-0.05, 0) is 49.9 Å². The minimum Gasteiger partial charge on any atom is -0.458 e. The standard InChI is InChI=1S/C22H22F10O9S3/c23-19(22(30,31)32,44(36,37)38)13(33)41-17-3-10-1-11(4-17)18(12(2-10)5-17)42-8-16(9-43-18,6-39-14(34)20(24,25)26)7-40-15(35)21(27,28)29/h10-12H,1-9H2,(H,36,37,38)/t10?,11-,12?,17?,19?/m0/s1. The lowest BCUT2D eigenvalue weighted by Crippen LogP contribution is -2.65. The van der Waals surface area contributed by atoms with Crippen molar-refractivity contribution in [2.75, 3.05) is 24.7 Å². The number of ether oxygens (including phenoxy) is 3. The van der Waals surface area contributed by atoms with Gasteiger partial charge in [-0.3, -0.25) is 4.55 Å². The van der Waals surface area contributed by atoms with Gasteiger partial charge < -0.3 is 14.2 Å². The highest BCUT2D eigenvalue weighted by atomic mass is 32.2. The SMILES string of the molecule is O=C(OCC1(COC(=O)C(F)(F)F)CSC2(SC1)C1CC3C[C@H]2CC(OC(=O)C(F)(C(F)(F)F)S(=O)(=O)O)(C3)C1)C(F)(F)F. The number of hydrogen-bond acceptors (Lipinski definition) is 10. The molecule has 1 heterocycles. The largest absolute Gasteiger partial charge is 0.490 e. The van der Waals surface area contributed by atoms with Crippen molar-refractivity contribution in [2.24, 2.45) is 23.2 Å². The summed E-state index contributed by atoms with van der Waals surface area (Å²) in [6.45, 7) is -2.14. The molecule has 9 nitrogen and oxygen atoms in total. The van der Waals surface area contributed by atoms with Crippen LogP contribution in [0.15, 0.2) is 0 Å². The molecule has 1 saturated heterocycles. The quantitative estimate of drug-likeness (QED) is 0.172. The summed E-state index contributed by atoms with van der Waals surface area (Å²) in [5.74, 6) is -9.99. The monoisotopic (exact) mass is 716 g/mol. The third-order valence-corrected chi connectivity index (χ3v) is 13.8. The van der Waals surface area contributed by atoms with Gasteiger partial charge in [-0.25, -0.2) is 18.8 Å². The van der Waals surface area contributed by atoms with Crippen LogP contribution in [0.1, 0.15) is 32.1 Å². The average molecular weight is 717 g/mol. The fourth-order valence-electron chi connectivity index (χ4n) is 6.51. The molecule has 4 unspecified atom stereocenters. The van der Waals surface area contributed by atoms with Crippen molar-refractivity contribution in [1.29, 1.82) is 0 Å². The zero-order valence-electron chi connectivity index (χ0n) is 21.8. The Kier molecular flexibility index (Phi) is 8.76. The summed E-state index contributed by atoms with van der Waals surface area (Å²) in [5, 5.41) is -5.75. The van der Waals surface area contributed by atoms with Crippen LogP contribution in [0.3, 0.4) is 0 Å². The Balaban J connectivity index is 1.54. The fourth-order valence-corrected chi connectivity index (χ4v) is 11.1. The summed E-state index contributed by atoms with van der Waals surface area (Å²) >= 11 is 2.09. The highest BCUT2D eigenvalue weighted by molar-refractivity contribution is 8.18. The van der Waals surface area contributed by atoms with Gasteiger partial charge in [0.2, 0.25) is 0 Å². The summed E-state index contributed by atoms with van der Waals surface area (Å²) in [4.78, 5) is 35.0. The van der Waals surface area contributed by atoms with Gasteiger partial charge in [0.1, 0.15) is 18.8 Å². The molecule has 5 rings (SSSR count). The maximum absolute atomic E-state index is 14.7. The van der Waals surface area contributed by atoms with Crippen LogP contribution in [-0.2, 0) is 38.7 Å². The molecule has 0 aromatic heterocycles. The third kappa shape index (κ3) is 6.19. The van der Waals surface area contributed by atoms with E-state index in [0.29, 0.717) is 12.8 Å². The molecular weight excluding hydrogens is 694 g/mol. The molecule has 44 heavy (non-hydrogen) atoms. The average Bonchev–Trinajstić information content (AvgIpc) is 2.86. The third-order valence-electron chi connectivity index (χ3n) is 8.25. The second-order valence-corrected chi connectivity index (χ2v) is 15.7. The second-order valence-electron chi connectivity index (χ2n) is 11.4. The number of carbonyl (C=O) groups is 3. The number of carbonyl (C=O) groups excluding carboxylic acids is 3. The number of halogens is 10. The lowest BCUT2D eigenvalue weighted by Gasteiger charge is -2.65. The van der Waals surface area contributed by atoms with Crippen molar-refractivity contribution in [3.05, 3.63) is 0 Å². The van der Waals surface area contributed by atoms with Gasteiger partial charge >= 0.3 is 51.6 Å². The Morgan fingerprint density at radius 3 is 1.55 bits per heavy atom. The Morgan fingerprint density at radius 2 is 1.18 bits per heavy atom. The van der Waals surface area contributed by atoms with Crippen molar-refractivity contribution >= 4 is 51.5 Å². The summed E-state index contributed by atoms with van der Waals surface area (Å²) in [7, 11) is -6.67. The van der Waals surface area contributed by atoms with Crippen molar-refractivity contribution in [2.45, 2.75) is 65.3 Å². The Labute approximate surface area is 250 Å². The molecule has 5 fully saturated rings. The van der Waals surface area contributed by atoms with E-state index in [9.17, 15) is 66.7 Å². The summed E-state index contributed by atoms with van der Waals surface area (Å²) in [5.41, 5.74) is -3.45. The molecule has 5 aliphatic rings. The summed E-state index contributed by atoms with van der Waals surface area (Å²) in [6.07, 6.45) is -16.9. The number of esters is 3. The molecule has 4 aliphatic carbocycles. The van der Waals surface area contributed by atoms with E-state index < -0.39 is 91.7 Å². The maximum atomic E-state index is 14.7. The molecular formula is C22H22F10O9S3. The van der Waals surface area contributed by atoms with Crippen LogP contribution in [0.2, 0.25) is 0 Å². The van der Waals surface area contributed by atoms with E-state index in [2.05, 4.69) is 9.47 Å². The molecule has 1 N–H and O–H groups in total. The van der Waals surface area contributed by atoms with E-state index in [1.54, 1.807) is 0 Å². The van der Waals surface area contributed by atoms with Crippen molar-refractivity contribution in [1.82, 2.24) is 0 Å². The fraction of sp³-hybridized carbons (Fsp3) is 0.864. The van der Waals surface area contributed by atoms with Crippen LogP contribution in [-0.4, -0.2) is 88.8 Å². The van der Waals surface area contributed by atoms with Gasteiger partial charge in [0.15, 0.2) is 0 Å². The first-order valence-corrected chi connectivity index (χ1v) is 15.9. The highest BCUT2D eigenvalue weighted by Crippen LogP contribution is 2.71. The predicted octanol–water partition coefficient (Wildman–Crippen LogP) is 4.60. The van der Waals surface area contributed by atoms with Crippen molar-refractivity contribution in [3.63, 3.8) is 0 Å². The Bertz CT molecular complexity index is 1240. The van der Waals surface area contributed by atoms with Gasteiger partial charge in [-0.1, -0.05) is 0 Å². The van der Waals surface area contributed by atoms with E-state index in [4.69, 9.17) is 9.29 Å². The maximum Gasteiger partial charge on any atom is 0.490 e. The normalized spacial score (nSPS) is 30.8. The molecule has 4 bridgehead atoms. The van der Waals surface area contributed by atoms with Crippen LogP contribution in [0.5, 0.6) is 0 Å². The second kappa shape index (κ2) is 11.0. The summed E-state index contributed by atoms with van der Waals surface area (Å²) < 4.78 is 175. The van der Waals surface area contributed by atoms with Gasteiger partial charge in [-0.2, -0.15) is 47.9 Å². The first kappa shape index (κ1) is 35.2. The van der Waals surface area contributed by atoms with Crippen LogP contribution in [0.4, 0.5) is 43.9 Å². The molecule has 1 aliphatic heterocycles. The molecule has 0 amide bonds. The lowest BCUT2D eigenvalue weighted by molar-refractivity contribution is -0.233. The van der Waals surface area contributed by atoms with E-state index >= 15 is 0 Å². The number of hydrogen-bond donors (Lipinski definition) is 1. The topological polar surface area (TPSA) is 133 Å². The Hall–Kier alpha value is -1.68. The molecule has 1 spiro atoms. The van der Waals surface area contributed by atoms with E-state index in [0.717, 1.165) is 23.5 Å². The van der Waals surface area contributed by atoms with Crippen molar-refractivity contribution < 1.29 is 85.5 Å². The zero-order chi connectivity index (χ0) is 33.4.